The van der Waals surface area contributed by atoms with Crippen LogP contribution >= 0.6 is 33.4 Å². The first-order valence-corrected chi connectivity index (χ1v) is 9.80. The van der Waals surface area contributed by atoms with Gasteiger partial charge in [0.2, 0.25) is 0 Å². The molecule has 0 unspecified atom stereocenters. The minimum atomic E-state index is -9.76. The molecule has 25 heavy (non-hydrogen) atoms. The second kappa shape index (κ2) is 4.96. The Labute approximate surface area is 151 Å². The van der Waals surface area contributed by atoms with Gasteiger partial charge in [-0.1, -0.05) is 43.7 Å². The highest BCUT2D eigenvalue weighted by molar-refractivity contribution is 8.45. The number of alkyl halides is 2. The fraction of sp³-hybridized carbons (Fsp3) is 0.250. The molecule has 0 spiro atoms. The van der Waals surface area contributed by atoms with E-state index >= 15 is 0 Å². The summed E-state index contributed by atoms with van der Waals surface area (Å²) in [5, 5.41) is 0. The van der Waals surface area contributed by atoms with E-state index in [9.17, 15) is 19.4 Å². The van der Waals surface area contributed by atoms with Gasteiger partial charge in [-0.3, -0.25) is 0 Å². The third-order valence-corrected chi connectivity index (χ3v) is 6.28. The van der Waals surface area contributed by atoms with Crippen LogP contribution < -0.4 is 4.74 Å². The van der Waals surface area contributed by atoms with Gasteiger partial charge in [0.25, 0.3) is 0 Å². The average molecular weight is 419 g/mol. The van der Waals surface area contributed by atoms with Crippen molar-refractivity contribution in [1.29, 1.82) is 0 Å². The molecule has 0 N–H and O–H groups in total. The van der Waals surface area contributed by atoms with Gasteiger partial charge in [-0.05, 0) is 35.4 Å². The molecule has 1 fully saturated rings. The summed E-state index contributed by atoms with van der Waals surface area (Å²) in [7, 11) is -8.26. The molecule has 0 amide bonds. The molecular weight excluding hydrogens is 406 g/mol. The molecule has 2 aromatic rings. The zero-order valence-electron chi connectivity index (χ0n) is 12.7. The molecule has 138 valence electrons. The van der Waals surface area contributed by atoms with E-state index in [1.54, 1.807) is 24.3 Å². The summed E-state index contributed by atoms with van der Waals surface area (Å²) in [5.41, 5.74) is 0.713. The Bertz CT molecular complexity index is 821. The first-order chi connectivity index (χ1) is 11.2. The minimum absolute atomic E-state index is 0.0246. The average Bonchev–Trinajstić information content (AvgIpc) is 3.08. The first-order valence-electron chi connectivity index (χ1n) is 7.10. The summed E-state index contributed by atoms with van der Waals surface area (Å²) in [5.74, 6) is -0.627. The molecule has 2 aromatic carbocycles. The molecular formula is C16H13Cl2F5OS. The topological polar surface area (TPSA) is 9.23 Å². The van der Waals surface area contributed by atoms with Crippen molar-refractivity contribution in [2.45, 2.75) is 21.1 Å². The van der Waals surface area contributed by atoms with E-state index in [1.165, 1.54) is 13.2 Å². The second-order valence-corrected chi connectivity index (χ2v) is 9.80. The van der Waals surface area contributed by atoms with Crippen molar-refractivity contribution in [3.05, 3.63) is 59.7 Å². The summed E-state index contributed by atoms with van der Waals surface area (Å²) in [4.78, 5) is -1.94. The number of benzene rings is 2. The molecule has 0 heterocycles. The van der Waals surface area contributed by atoms with Crippen LogP contribution in [0.2, 0.25) is 0 Å². The standard InChI is InChI=1S/C16H13Cl2F5OS/c1-24-12-7-5-10(6-8-12)14-15(16(14,17)18)11-3-2-4-13(9-11)25(19,20,21,22)23/h2-9,14-15H,1H3/t14-,15-/m0/s1. The third kappa shape index (κ3) is 3.55. The Morgan fingerprint density at radius 3 is 1.96 bits per heavy atom. The van der Waals surface area contributed by atoms with Gasteiger partial charge < -0.3 is 4.74 Å². The molecule has 1 saturated carbocycles. The fourth-order valence-electron chi connectivity index (χ4n) is 2.92. The van der Waals surface area contributed by atoms with Crippen molar-refractivity contribution < 1.29 is 24.2 Å². The maximum atomic E-state index is 13.0. The van der Waals surface area contributed by atoms with Crippen LogP contribution in [0, 0.1) is 0 Å². The van der Waals surface area contributed by atoms with Crippen LogP contribution in [0.1, 0.15) is 23.0 Å². The van der Waals surface area contributed by atoms with Crippen LogP contribution in [-0.4, -0.2) is 11.4 Å². The maximum Gasteiger partial charge on any atom is 0.310 e. The Morgan fingerprint density at radius 1 is 0.880 bits per heavy atom. The number of methoxy groups -OCH3 is 1. The lowest BCUT2D eigenvalue weighted by Crippen LogP contribution is -2.06. The molecule has 2 atom stereocenters. The molecule has 0 aliphatic heterocycles. The Hall–Kier alpha value is -1.18. The third-order valence-electron chi connectivity index (χ3n) is 4.19. The van der Waals surface area contributed by atoms with E-state index in [0.29, 0.717) is 23.4 Å². The number of hydrogen-bond donors (Lipinski definition) is 0. The van der Waals surface area contributed by atoms with Crippen LogP contribution in [0.5, 0.6) is 5.75 Å². The summed E-state index contributed by atoms with van der Waals surface area (Å²) in [6.07, 6.45) is 0. The molecule has 0 bridgehead atoms. The minimum Gasteiger partial charge on any atom is -0.497 e. The highest BCUT2D eigenvalue weighted by atomic mass is 35.5. The SMILES string of the molecule is COc1ccc([C@H]2[C@H](c3cccc(S(F)(F)(F)(F)F)c3)C2(Cl)Cl)cc1. The first kappa shape index (κ1) is 18.6. The normalized spacial score (nSPS) is 25.0. The van der Waals surface area contributed by atoms with Gasteiger partial charge in [0, 0.05) is 11.8 Å². The summed E-state index contributed by atoms with van der Waals surface area (Å²) < 4.78 is 68.8. The van der Waals surface area contributed by atoms with E-state index in [1.807, 2.05) is 0 Å². The Balaban J connectivity index is 1.97. The van der Waals surface area contributed by atoms with Crippen molar-refractivity contribution in [2.24, 2.45) is 0 Å². The van der Waals surface area contributed by atoms with Gasteiger partial charge in [0.15, 0.2) is 0 Å². The smallest absolute Gasteiger partial charge is 0.310 e. The van der Waals surface area contributed by atoms with Crippen molar-refractivity contribution in [1.82, 2.24) is 0 Å². The molecule has 0 aromatic heterocycles. The highest BCUT2D eigenvalue weighted by Crippen LogP contribution is 3.02. The quantitative estimate of drug-likeness (QED) is 0.371. The van der Waals surface area contributed by atoms with Crippen LogP contribution in [-0.2, 0) is 0 Å². The molecule has 0 radical (unpaired) electrons. The second-order valence-electron chi connectivity index (χ2n) is 5.94. The molecule has 1 aliphatic carbocycles. The lowest BCUT2D eigenvalue weighted by molar-refractivity contribution is 0.364. The number of hydrogen-bond acceptors (Lipinski definition) is 1. The maximum absolute atomic E-state index is 13.0. The van der Waals surface area contributed by atoms with Crippen molar-refractivity contribution in [3.8, 4) is 5.75 Å². The van der Waals surface area contributed by atoms with Gasteiger partial charge in [0.1, 0.15) is 15.0 Å². The largest absolute Gasteiger partial charge is 0.497 e. The van der Waals surface area contributed by atoms with Crippen LogP contribution in [0.15, 0.2) is 53.4 Å². The van der Waals surface area contributed by atoms with Gasteiger partial charge in [-0.15, -0.1) is 23.2 Å². The summed E-state index contributed by atoms with van der Waals surface area (Å²) in [6.45, 7) is 0. The van der Waals surface area contributed by atoms with Crippen molar-refractivity contribution in [3.63, 3.8) is 0 Å². The monoisotopic (exact) mass is 418 g/mol. The predicted molar refractivity (Wildman–Crippen MR) is 90.8 cm³/mol. The van der Waals surface area contributed by atoms with Gasteiger partial charge in [-0.25, -0.2) is 0 Å². The van der Waals surface area contributed by atoms with E-state index in [0.717, 1.165) is 6.07 Å². The van der Waals surface area contributed by atoms with Crippen LogP contribution in [0.4, 0.5) is 19.4 Å². The molecule has 9 heteroatoms. The van der Waals surface area contributed by atoms with Crippen molar-refractivity contribution >= 4 is 33.4 Å². The van der Waals surface area contributed by atoms with Gasteiger partial charge in [0.05, 0.1) is 7.11 Å². The summed E-state index contributed by atoms with van der Waals surface area (Å²) in [6, 6.07) is 9.78. The number of halogens is 7. The number of rotatable bonds is 4. The van der Waals surface area contributed by atoms with Crippen molar-refractivity contribution in [2.75, 3.05) is 7.11 Å². The van der Waals surface area contributed by atoms with E-state index in [4.69, 9.17) is 27.9 Å². The molecule has 0 saturated heterocycles. The van der Waals surface area contributed by atoms with E-state index in [2.05, 4.69) is 0 Å². The number of ether oxygens (including phenoxy) is 1. The summed E-state index contributed by atoms with van der Waals surface area (Å²) >= 11 is 12.5. The fourth-order valence-corrected chi connectivity index (χ4v) is 4.49. The molecule has 1 aliphatic rings. The van der Waals surface area contributed by atoms with E-state index < -0.39 is 31.3 Å². The van der Waals surface area contributed by atoms with Gasteiger partial charge in [-0.2, -0.15) is 0 Å². The highest BCUT2D eigenvalue weighted by Gasteiger charge is 2.67. The van der Waals surface area contributed by atoms with Crippen LogP contribution in [0.25, 0.3) is 0 Å². The van der Waals surface area contributed by atoms with Gasteiger partial charge >= 0.3 is 10.2 Å². The van der Waals surface area contributed by atoms with Crippen LogP contribution in [0.3, 0.4) is 0 Å². The molecule has 3 rings (SSSR count). The lowest BCUT2D eigenvalue weighted by atomic mass is 10.0. The zero-order chi connectivity index (χ0) is 18.7. The Morgan fingerprint density at radius 2 is 1.44 bits per heavy atom. The Kier molecular flexibility index (Phi) is 3.69. The van der Waals surface area contributed by atoms with E-state index in [-0.39, 0.29) is 5.56 Å². The lowest BCUT2D eigenvalue weighted by Gasteiger charge is -2.40. The zero-order valence-corrected chi connectivity index (χ0v) is 15.1. The molecule has 1 nitrogen and oxygen atoms in total. The predicted octanol–water partition coefficient (Wildman–Crippen LogP) is 7.41.